The minimum Gasteiger partial charge on any atom is -0.329 e. The highest BCUT2D eigenvalue weighted by Gasteiger charge is 2.28. The molecule has 102 valence electrons. The van der Waals surface area contributed by atoms with Crippen LogP contribution in [0.3, 0.4) is 0 Å². The zero-order valence-corrected chi connectivity index (χ0v) is 11.9. The van der Waals surface area contributed by atoms with E-state index in [1.165, 1.54) is 12.1 Å². The van der Waals surface area contributed by atoms with Crippen LogP contribution in [0.25, 0.3) is 0 Å². The molecule has 0 heterocycles. The highest BCUT2D eigenvalue weighted by molar-refractivity contribution is 5.16. The molecule has 0 bridgehead atoms. The Bertz CT molecular complexity index is 361. The molecule has 0 aliphatic heterocycles. The summed E-state index contributed by atoms with van der Waals surface area (Å²) in [6.45, 7) is 8.03. The molecule has 0 saturated carbocycles. The summed E-state index contributed by atoms with van der Waals surface area (Å²) in [5, 5.41) is 0. The van der Waals surface area contributed by atoms with Gasteiger partial charge in [0.15, 0.2) is 0 Å². The van der Waals surface area contributed by atoms with Crippen molar-refractivity contribution in [1.29, 1.82) is 0 Å². The van der Waals surface area contributed by atoms with Crippen molar-refractivity contribution in [1.82, 2.24) is 4.90 Å². The second-order valence-electron chi connectivity index (χ2n) is 5.78. The molecule has 1 aromatic carbocycles. The molecule has 0 spiro atoms. The van der Waals surface area contributed by atoms with Crippen LogP contribution >= 0.6 is 0 Å². The highest BCUT2D eigenvalue weighted by atomic mass is 19.1. The molecule has 0 aliphatic carbocycles. The van der Waals surface area contributed by atoms with Gasteiger partial charge in [0.1, 0.15) is 5.82 Å². The van der Waals surface area contributed by atoms with E-state index < -0.39 is 0 Å². The Morgan fingerprint density at radius 2 is 1.83 bits per heavy atom. The van der Waals surface area contributed by atoms with Crippen LogP contribution in [0.5, 0.6) is 0 Å². The Hall–Kier alpha value is -0.930. The van der Waals surface area contributed by atoms with Crippen molar-refractivity contribution in [2.45, 2.75) is 39.3 Å². The Labute approximate surface area is 110 Å². The average molecular weight is 252 g/mol. The van der Waals surface area contributed by atoms with E-state index in [2.05, 4.69) is 32.7 Å². The van der Waals surface area contributed by atoms with Crippen molar-refractivity contribution >= 4 is 0 Å². The summed E-state index contributed by atoms with van der Waals surface area (Å²) in [5.74, 6) is 0.416. The van der Waals surface area contributed by atoms with Crippen molar-refractivity contribution in [3.63, 3.8) is 0 Å². The molecular weight excluding hydrogens is 227 g/mol. The van der Waals surface area contributed by atoms with Gasteiger partial charge in [0.05, 0.1) is 0 Å². The van der Waals surface area contributed by atoms with Crippen LogP contribution in [0.4, 0.5) is 4.39 Å². The summed E-state index contributed by atoms with van der Waals surface area (Å²) >= 11 is 0. The van der Waals surface area contributed by atoms with E-state index >= 15 is 0 Å². The van der Waals surface area contributed by atoms with Gasteiger partial charge in [-0.25, -0.2) is 4.39 Å². The summed E-state index contributed by atoms with van der Waals surface area (Å²) in [6, 6.07) is 6.67. The lowest BCUT2D eigenvalue weighted by Gasteiger charge is -2.39. The van der Waals surface area contributed by atoms with Crippen LogP contribution in [0.1, 0.15) is 32.8 Å². The first kappa shape index (κ1) is 15.1. The molecule has 1 rings (SSSR count). The van der Waals surface area contributed by atoms with E-state index in [-0.39, 0.29) is 11.4 Å². The van der Waals surface area contributed by atoms with Gasteiger partial charge in [-0.15, -0.1) is 0 Å². The maximum absolute atomic E-state index is 12.9. The Balaban J connectivity index is 2.72. The standard InChI is InChI=1S/C15H25FN2/c1-12(2)9-15(3,11-17)18(4)10-13-5-7-14(16)8-6-13/h5-8,12H,9-11,17H2,1-4H3. The second kappa shape index (κ2) is 6.30. The summed E-state index contributed by atoms with van der Waals surface area (Å²) in [4.78, 5) is 2.26. The predicted molar refractivity (Wildman–Crippen MR) is 74.8 cm³/mol. The molecule has 0 saturated heterocycles. The van der Waals surface area contributed by atoms with Crippen LogP contribution in [-0.2, 0) is 6.54 Å². The van der Waals surface area contributed by atoms with Crippen molar-refractivity contribution in [3.05, 3.63) is 35.6 Å². The monoisotopic (exact) mass is 252 g/mol. The van der Waals surface area contributed by atoms with Crippen molar-refractivity contribution in [2.75, 3.05) is 13.6 Å². The Kier molecular flexibility index (Phi) is 5.29. The maximum atomic E-state index is 12.9. The molecule has 1 atom stereocenters. The van der Waals surface area contributed by atoms with Gasteiger partial charge in [-0.05, 0) is 44.0 Å². The van der Waals surface area contributed by atoms with E-state index in [0.29, 0.717) is 12.5 Å². The lowest BCUT2D eigenvalue weighted by Crippen LogP contribution is -2.50. The number of halogens is 1. The van der Waals surface area contributed by atoms with E-state index in [4.69, 9.17) is 5.73 Å². The molecule has 0 aliphatic rings. The first-order chi connectivity index (χ1) is 8.37. The fourth-order valence-electron chi connectivity index (χ4n) is 2.33. The van der Waals surface area contributed by atoms with Crippen molar-refractivity contribution in [3.8, 4) is 0 Å². The molecular formula is C15H25FN2. The van der Waals surface area contributed by atoms with Crippen LogP contribution in [0.15, 0.2) is 24.3 Å². The topological polar surface area (TPSA) is 29.3 Å². The molecule has 0 fully saturated rings. The van der Waals surface area contributed by atoms with E-state index in [0.717, 1.165) is 18.5 Å². The predicted octanol–water partition coefficient (Wildman–Crippen LogP) is 3.02. The molecule has 18 heavy (non-hydrogen) atoms. The van der Waals surface area contributed by atoms with Crippen LogP contribution in [0.2, 0.25) is 0 Å². The number of hydrogen-bond donors (Lipinski definition) is 1. The maximum Gasteiger partial charge on any atom is 0.123 e. The third-order valence-corrected chi connectivity index (χ3v) is 3.54. The number of nitrogens with two attached hydrogens (primary N) is 1. The van der Waals surface area contributed by atoms with E-state index in [1.807, 2.05) is 12.1 Å². The Morgan fingerprint density at radius 1 is 1.28 bits per heavy atom. The van der Waals surface area contributed by atoms with E-state index in [1.54, 1.807) is 0 Å². The zero-order chi connectivity index (χ0) is 13.8. The number of likely N-dealkylation sites (N-methyl/N-ethyl adjacent to an activating group) is 1. The van der Waals surface area contributed by atoms with Gasteiger partial charge in [-0.2, -0.15) is 0 Å². The quantitative estimate of drug-likeness (QED) is 0.843. The largest absolute Gasteiger partial charge is 0.329 e. The number of nitrogens with zero attached hydrogens (tertiary/aromatic N) is 1. The molecule has 1 unspecified atom stereocenters. The van der Waals surface area contributed by atoms with E-state index in [9.17, 15) is 4.39 Å². The van der Waals surface area contributed by atoms with Crippen LogP contribution in [-0.4, -0.2) is 24.0 Å². The first-order valence-corrected chi connectivity index (χ1v) is 6.53. The third kappa shape index (κ3) is 4.07. The first-order valence-electron chi connectivity index (χ1n) is 6.53. The lowest BCUT2D eigenvalue weighted by molar-refractivity contribution is 0.111. The fraction of sp³-hybridized carbons (Fsp3) is 0.600. The smallest absolute Gasteiger partial charge is 0.123 e. The second-order valence-corrected chi connectivity index (χ2v) is 5.78. The van der Waals surface area contributed by atoms with Gasteiger partial charge in [0.25, 0.3) is 0 Å². The summed E-state index contributed by atoms with van der Waals surface area (Å²) in [6.07, 6.45) is 1.06. The normalized spacial score (nSPS) is 15.1. The summed E-state index contributed by atoms with van der Waals surface area (Å²) in [7, 11) is 2.08. The zero-order valence-electron chi connectivity index (χ0n) is 11.9. The van der Waals surface area contributed by atoms with Gasteiger partial charge in [-0.3, -0.25) is 4.90 Å². The van der Waals surface area contributed by atoms with Gasteiger partial charge in [0, 0.05) is 18.6 Å². The highest BCUT2D eigenvalue weighted by Crippen LogP contribution is 2.23. The van der Waals surface area contributed by atoms with Gasteiger partial charge >= 0.3 is 0 Å². The SMILES string of the molecule is CC(C)CC(C)(CN)N(C)Cc1ccc(F)cc1. The van der Waals surface area contributed by atoms with Crippen molar-refractivity contribution < 1.29 is 4.39 Å². The molecule has 1 aromatic rings. The lowest BCUT2D eigenvalue weighted by atomic mass is 9.89. The number of benzene rings is 1. The minimum atomic E-state index is -0.190. The van der Waals surface area contributed by atoms with Crippen LogP contribution in [0, 0.1) is 11.7 Å². The fourth-order valence-corrected chi connectivity index (χ4v) is 2.33. The van der Waals surface area contributed by atoms with Gasteiger partial charge in [-0.1, -0.05) is 26.0 Å². The molecule has 3 heteroatoms. The third-order valence-electron chi connectivity index (χ3n) is 3.54. The van der Waals surface area contributed by atoms with Gasteiger partial charge < -0.3 is 5.73 Å². The molecule has 2 nitrogen and oxygen atoms in total. The molecule has 0 aromatic heterocycles. The Morgan fingerprint density at radius 3 is 2.28 bits per heavy atom. The summed E-state index contributed by atoms with van der Waals surface area (Å²) in [5.41, 5.74) is 7.03. The van der Waals surface area contributed by atoms with Crippen molar-refractivity contribution in [2.24, 2.45) is 11.7 Å². The molecule has 0 radical (unpaired) electrons. The number of hydrogen-bond acceptors (Lipinski definition) is 2. The molecule has 2 N–H and O–H groups in total. The average Bonchev–Trinajstić information content (AvgIpc) is 2.31. The summed E-state index contributed by atoms with van der Waals surface area (Å²) < 4.78 is 12.9. The van der Waals surface area contributed by atoms with Crippen LogP contribution < -0.4 is 5.73 Å². The molecule has 0 amide bonds. The minimum absolute atomic E-state index is 0.0114. The number of rotatable bonds is 6. The van der Waals surface area contributed by atoms with Gasteiger partial charge in [0.2, 0.25) is 0 Å².